The Bertz CT molecular complexity index is 986. The highest BCUT2D eigenvalue weighted by atomic mass is 15.3. The molecule has 2 atom stereocenters. The van der Waals surface area contributed by atoms with Crippen molar-refractivity contribution in [2.75, 3.05) is 11.4 Å². The third kappa shape index (κ3) is 2.19. The SMILES string of the molecule is Cc1cccc2[nH]c3c(N4CC5(C)CC4CC(C)(C)C5)ncnc3c12. The second kappa shape index (κ2) is 4.75. The molecule has 1 aliphatic carbocycles. The number of hydrogen-bond donors (Lipinski definition) is 1. The van der Waals surface area contributed by atoms with Gasteiger partial charge in [0.05, 0.1) is 0 Å². The zero-order valence-electron chi connectivity index (χ0n) is 15.6. The van der Waals surface area contributed by atoms with Gasteiger partial charge in [0.2, 0.25) is 0 Å². The highest BCUT2D eigenvalue weighted by molar-refractivity contribution is 6.09. The number of nitrogens with zero attached hydrogens (tertiary/aromatic N) is 3. The lowest BCUT2D eigenvalue weighted by atomic mass is 9.65. The quantitative estimate of drug-likeness (QED) is 0.693. The van der Waals surface area contributed by atoms with E-state index in [4.69, 9.17) is 4.98 Å². The maximum Gasteiger partial charge on any atom is 0.156 e. The second-order valence-corrected chi connectivity index (χ2v) is 9.38. The molecule has 1 aliphatic heterocycles. The molecule has 4 heteroatoms. The number of aryl methyl sites for hydroxylation is 1. The fourth-order valence-corrected chi connectivity index (χ4v) is 5.83. The first-order chi connectivity index (χ1) is 11.9. The molecule has 0 radical (unpaired) electrons. The van der Waals surface area contributed by atoms with Crippen molar-refractivity contribution in [3.8, 4) is 0 Å². The first-order valence-corrected chi connectivity index (χ1v) is 9.34. The smallest absolute Gasteiger partial charge is 0.156 e. The van der Waals surface area contributed by atoms with Crippen molar-refractivity contribution in [3.05, 3.63) is 30.1 Å². The first-order valence-electron chi connectivity index (χ1n) is 9.34. The van der Waals surface area contributed by atoms with Crippen molar-refractivity contribution in [1.29, 1.82) is 0 Å². The summed E-state index contributed by atoms with van der Waals surface area (Å²) >= 11 is 0. The number of anilines is 1. The van der Waals surface area contributed by atoms with E-state index < -0.39 is 0 Å². The molecule has 2 bridgehead atoms. The van der Waals surface area contributed by atoms with Crippen molar-refractivity contribution in [3.63, 3.8) is 0 Å². The van der Waals surface area contributed by atoms with Gasteiger partial charge in [-0.15, -0.1) is 0 Å². The number of H-pyrrole nitrogens is 1. The summed E-state index contributed by atoms with van der Waals surface area (Å²) in [6.45, 7) is 10.5. The monoisotopic (exact) mass is 334 g/mol. The molecule has 1 N–H and O–H groups in total. The molecule has 0 spiro atoms. The minimum absolute atomic E-state index is 0.394. The van der Waals surface area contributed by atoms with Gasteiger partial charge in [-0.05, 0) is 48.6 Å². The number of fused-ring (bicyclic) bond motifs is 5. The van der Waals surface area contributed by atoms with Crippen LogP contribution in [0.3, 0.4) is 0 Å². The van der Waals surface area contributed by atoms with Crippen molar-refractivity contribution in [2.24, 2.45) is 10.8 Å². The molecular weight excluding hydrogens is 308 g/mol. The van der Waals surface area contributed by atoms with Crippen LogP contribution < -0.4 is 4.90 Å². The molecule has 1 saturated carbocycles. The van der Waals surface area contributed by atoms with E-state index in [1.807, 2.05) is 0 Å². The van der Waals surface area contributed by atoms with E-state index >= 15 is 0 Å². The molecule has 0 amide bonds. The average molecular weight is 334 g/mol. The normalized spacial score (nSPS) is 28.2. The molecule has 3 aromatic rings. The Labute approximate surface area is 148 Å². The van der Waals surface area contributed by atoms with Crippen molar-refractivity contribution in [1.82, 2.24) is 15.0 Å². The number of hydrogen-bond acceptors (Lipinski definition) is 3. The van der Waals surface area contributed by atoms with Crippen molar-refractivity contribution < 1.29 is 0 Å². The summed E-state index contributed by atoms with van der Waals surface area (Å²) < 4.78 is 0. The van der Waals surface area contributed by atoms with Gasteiger partial charge in [-0.3, -0.25) is 0 Å². The fraction of sp³-hybridized carbons (Fsp3) is 0.524. The molecule has 5 rings (SSSR count). The molecule has 2 aromatic heterocycles. The summed E-state index contributed by atoms with van der Waals surface area (Å²) in [6.07, 6.45) is 5.56. The van der Waals surface area contributed by atoms with E-state index in [0.29, 0.717) is 16.9 Å². The minimum atomic E-state index is 0.394. The van der Waals surface area contributed by atoms with Crippen LogP contribution >= 0.6 is 0 Å². The number of benzene rings is 1. The van der Waals surface area contributed by atoms with Gasteiger partial charge in [0.1, 0.15) is 17.4 Å². The summed E-state index contributed by atoms with van der Waals surface area (Å²) in [4.78, 5) is 15.5. The highest BCUT2D eigenvalue weighted by Gasteiger charge is 2.50. The van der Waals surface area contributed by atoms with Gasteiger partial charge in [-0.25, -0.2) is 9.97 Å². The van der Waals surface area contributed by atoms with Crippen LogP contribution in [-0.4, -0.2) is 27.5 Å². The van der Waals surface area contributed by atoms with Crippen LogP contribution in [0.2, 0.25) is 0 Å². The first kappa shape index (κ1) is 15.2. The lowest BCUT2D eigenvalue weighted by molar-refractivity contribution is 0.136. The Hall–Kier alpha value is -2.10. The van der Waals surface area contributed by atoms with Gasteiger partial charge in [-0.1, -0.05) is 32.9 Å². The summed E-state index contributed by atoms with van der Waals surface area (Å²) in [5.74, 6) is 1.09. The number of aromatic nitrogens is 3. The lowest BCUT2D eigenvalue weighted by Crippen LogP contribution is -2.35. The van der Waals surface area contributed by atoms with Crippen molar-refractivity contribution >= 4 is 27.8 Å². The molecule has 3 heterocycles. The molecule has 1 aromatic carbocycles. The summed E-state index contributed by atoms with van der Waals surface area (Å²) in [5, 5.41) is 1.23. The third-order valence-corrected chi connectivity index (χ3v) is 6.28. The van der Waals surface area contributed by atoms with E-state index in [1.54, 1.807) is 6.33 Å². The Morgan fingerprint density at radius 1 is 1.16 bits per heavy atom. The van der Waals surface area contributed by atoms with Crippen LogP contribution in [-0.2, 0) is 0 Å². The second-order valence-electron chi connectivity index (χ2n) is 9.38. The van der Waals surface area contributed by atoms with Crippen molar-refractivity contribution in [2.45, 2.75) is 53.0 Å². The molecular formula is C21H26N4. The van der Waals surface area contributed by atoms with E-state index in [9.17, 15) is 0 Å². The Balaban J connectivity index is 1.69. The summed E-state index contributed by atoms with van der Waals surface area (Å²) in [7, 11) is 0. The molecule has 2 unspecified atom stereocenters. The summed E-state index contributed by atoms with van der Waals surface area (Å²) in [6, 6.07) is 6.98. The predicted molar refractivity (Wildman–Crippen MR) is 103 cm³/mol. The van der Waals surface area contributed by atoms with Gasteiger partial charge < -0.3 is 9.88 Å². The third-order valence-electron chi connectivity index (χ3n) is 6.28. The van der Waals surface area contributed by atoms with Gasteiger partial charge in [0.15, 0.2) is 5.82 Å². The van der Waals surface area contributed by atoms with Crippen LogP contribution in [0.15, 0.2) is 24.5 Å². The zero-order valence-corrected chi connectivity index (χ0v) is 15.6. The lowest BCUT2D eigenvalue weighted by Gasteiger charge is -2.39. The van der Waals surface area contributed by atoms with Gasteiger partial charge >= 0.3 is 0 Å². The topological polar surface area (TPSA) is 44.8 Å². The Morgan fingerprint density at radius 3 is 2.84 bits per heavy atom. The Kier molecular flexibility index (Phi) is 2.88. The van der Waals surface area contributed by atoms with Crippen LogP contribution in [0.5, 0.6) is 0 Å². The van der Waals surface area contributed by atoms with E-state index in [2.05, 4.69) is 60.8 Å². The standard InChI is InChI=1S/C21H26N4/c1-13-6-5-7-15-16(13)17-18(24-15)19(23-12-22-17)25-11-21(4)9-14(25)8-20(2,3)10-21/h5-7,12,14,24H,8-11H2,1-4H3. The molecule has 1 saturated heterocycles. The molecule has 2 fully saturated rings. The van der Waals surface area contributed by atoms with Gasteiger partial charge in [0, 0.05) is 23.5 Å². The average Bonchev–Trinajstić information content (AvgIpc) is 3.01. The molecule has 2 aliphatic rings. The van der Waals surface area contributed by atoms with Gasteiger partial charge in [-0.2, -0.15) is 0 Å². The number of nitrogens with one attached hydrogen (secondary N) is 1. The maximum absolute atomic E-state index is 4.74. The van der Waals surface area contributed by atoms with E-state index in [0.717, 1.165) is 28.9 Å². The summed E-state index contributed by atoms with van der Waals surface area (Å²) in [5.41, 5.74) is 5.39. The van der Waals surface area contributed by atoms with Crippen LogP contribution in [0.25, 0.3) is 21.9 Å². The van der Waals surface area contributed by atoms with Crippen LogP contribution in [0.4, 0.5) is 5.82 Å². The van der Waals surface area contributed by atoms with E-state index in [1.165, 1.54) is 30.2 Å². The fourth-order valence-electron chi connectivity index (χ4n) is 5.83. The number of aromatic amines is 1. The van der Waals surface area contributed by atoms with Gasteiger partial charge in [0.25, 0.3) is 0 Å². The highest BCUT2D eigenvalue weighted by Crippen LogP contribution is 2.53. The van der Waals surface area contributed by atoms with E-state index in [-0.39, 0.29) is 0 Å². The zero-order chi connectivity index (χ0) is 17.4. The molecule has 4 nitrogen and oxygen atoms in total. The number of rotatable bonds is 1. The Morgan fingerprint density at radius 2 is 2.00 bits per heavy atom. The van der Waals surface area contributed by atoms with Crippen LogP contribution in [0.1, 0.15) is 45.6 Å². The maximum atomic E-state index is 4.74. The molecule has 130 valence electrons. The largest absolute Gasteiger partial charge is 0.351 e. The molecule has 25 heavy (non-hydrogen) atoms. The van der Waals surface area contributed by atoms with Crippen LogP contribution in [0, 0.1) is 17.8 Å². The predicted octanol–water partition coefficient (Wildman–Crippen LogP) is 4.82. The minimum Gasteiger partial charge on any atom is -0.351 e.